The summed E-state index contributed by atoms with van der Waals surface area (Å²) < 4.78 is 5.37. The third kappa shape index (κ3) is 6.95. The van der Waals surface area contributed by atoms with Crippen LogP contribution in [0, 0.1) is 18.3 Å². The van der Waals surface area contributed by atoms with Gasteiger partial charge in [0.1, 0.15) is 0 Å². The average Bonchev–Trinajstić information content (AvgIpc) is 3.02. The van der Waals surface area contributed by atoms with Crippen LogP contribution in [0.25, 0.3) is 0 Å². The Kier molecular flexibility index (Phi) is 5.83. The third-order valence-electron chi connectivity index (χ3n) is 2.13. The molecule has 4 nitrogen and oxygen atoms in total. The fraction of sp³-hybridized carbons (Fsp3) is 0.727. The first-order valence-electron chi connectivity index (χ1n) is 5.31. The molecule has 1 aliphatic carbocycles. The van der Waals surface area contributed by atoms with Crippen molar-refractivity contribution in [2.24, 2.45) is 5.92 Å². The van der Waals surface area contributed by atoms with Gasteiger partial charge in [-0.15, -0.1) is 6.42 Å². The maximum absolute atomic E-state index is 11.1. The van der Waals surface area contributed by atoms with E-state index in [0.717, 1.165) is 12.5 Å². The molecule has 0 spiro atoms. The van der Waals surface area contributed by atoms with Gasteiger partial charge in [0.25, 0.3) is 0 Å². The molecule has 0 saturated heterocycles. The zero-order chi connectivity index (χ0) is 10.9. The van der Waals surface area contributed by atoms with E-state index in [1.807, 2.05) is 0 Å². The molecule has 0 atom stereocenters. The lowest BCUT2D eigenvalue weighted by molar-refractivity contribution is -0.120. The number of nitrogens with one attached hydrogen (secondary N) is 2. The quantitative estimate of drug-likeness (QED) is 0.429. The lowest BCUT2D eigenvalue weighted by atomic mass is 10.5. The number of ether oxygens (including phenoxy) is 1. The Morgan fingerprint density at radius 3 is 3.00 bits per heavy atom. The molecule has 0 aromatic rings. The highest BCUT2D eigenvalue weighted by molar-refractivity contribution is 5.77. The Morgan fingerprint density at radius 2 is 2.33 bits per heavy atom. The Labute approximate surface area is 90.8 Å². The number of terminal acetylenes is 1. The van der Waals surface area contributed by atoms with Crippen LogP contribution < -0.4 is 10.6 Å². The van der Waals surface area contributed by atoms with E-state index in [2.05, 4.69) is 16.6 Å². The zero-order valence-electron chi connectivity index (χ0n) is 8.92. The van der Waals surface area contributed by atoms with Crippen molar-refractivity contribution in [2.45, 2.75) is 12.8 Å². The molecule has 1 amide bonds. The molecule has 0 aromatic heterocycles. The summed E-state index contributed by atoms with van der Waals surface area (Å²) in [4.78, 5) is 11.1. The number of amides is 1. The molecule has 1 fully saturated rings. The van der Waals surface area contributed by atoms with Crippen molar-refractivity contribution in [3.63, 3.8) is 0 Å². The summed E-state index contributed by atoms with van der Waals surface area (Å²) in [7, 11) is 0. The average molecular weight is 210 g/mol. The van der Waals surface area contributed by atoms with Gasteiger partial charge in [0.05, 0.1) is 19.7 Å². The molecule has 84 valence electrons. The molecule has 0 radical (unpaired) electrons. The van der Waals surface area contributed by atoms with Gasteiger partial charge in [0.15, 0.2) is 0 Å². The molecule has 2 N–H and O–H groups in total. The summed E-state index contributed by atoms with van der Waals surface area (Å²) in [5, 5.41) is 5.56. The van der Waals surface area contributed by atoms with Crippen LogP contribution in [-0.4, -0.2) is 38.8 Å². The number of rotatable bonds is 8. The van der Waals surface area contributed by atoms with Gasteiger partial charge in [-0.3, -0.25) is 10.1 Å². The molecule has 0 unspecified atom stereocenters. The monoisotopic (exact) mass is 210 g/mol. The van der Waals surface area contributed by atoms with Crippen molar-refractivity contribution in [1.82, 2.24) is 10.6 Å². The minimum atomic E-state index is -0.0414. The van der Waals surface area contributed by atoms with Crippen molar-refractivity contribution in [2.75, 3.05) is 32.8 Å². The van der Waals surface area contributed by atoms with E-state index >= 15 is 0 Å². The second kappa shape index (κ2) is 7.27. The largest absolute Gasteiger partial charge is 0.379 e. The summed E-state index contributed by atoms with van der Waals surface area (Å²) >= 11 is 0. The van der Waals surface area contributed by atoms with Gasteiger partial charge in [-0.1, -0.05) is 5.92 Å². The number of hydrogen-bond donors (Lipinski definition) is 2. The molecule has 0 aliphatic heterocycles. The fourth-order valence-corrected chi connectivity index (χ4v) is 1.11. The second-order valence-corrected chi connectivity index (χ2v) is 3.68. The minimum absolute atomic E-state index is 0.0414. The minimum Gasteiger partial charge on any atom is -0.379 e. The third-order valence-corrected chi connectivity index (χ3v) is 2.13. The highest BCUT2D eigenvalue weighted by Crippen LogP contribution is 2.28. The topological polar surface area (TPSA) is 50.4 Å². The summed E-state index contributed by atoms with van der Waals surface area (Å²) in [6.07, 6.45) is 7.61. The fourth-order valence-electron chi connectivity index (χ4n) is 1.11. The molecule has 1 saturated carbocycles. The predicted molar refractivity (Wildman–Crippen MR) is 58.3 cm³/mol. The van der Waals surface area contributed by atoms with Crippen molar-refractivity contribution in [1.29, 1.82) is 0 Å². The summed E-state index contributed by atoms with van der Waals surface area (Å²) in [6.45, 7) is 2.70. The molecular weight excluding hydrogens is 192 g/mol. The molecule has 0 aromatic carbocycles. The van der Waals surface area contributed by atoms with Crippen LogP contribution in [0.3, 0.4) is 0 Å². The van der Waals surface area contributed by atoms with E-state index in [4.69, 9.17) is 11.2 Å². The summed E-state index contributed by atoms with van der Waals surface area (Å²) in [5.41, 5.74) is 0. The van der Waals surface area contributed by atoms with Crippen LogP contribution >= 0.6 is 0 Å². The van der Waals surface area contributed by atoms with Crippen LogP contribution in [0.1, 0.15) is 12.8 Å². The smallest absolute Gasteiger partial charge is 0.234 e. The van der Waals surface area contributed by atoms with E-state index in [0.29, 0.717) is 19.7 Å². The number of hydrogen-bond acceptors (Lipinski definition) is 3. The van der Waals surface area contributed by atoms with E-state index in [1.165, 1.54) is 12.8 Å². The van der Waals surface area contributed by atoms with E-state index in [9.17, 15) is 4.79 Å². The summed E-state index contributed by atoms with van der Waals surface area (Å²) in [5.74, 6) is 3.14. The Morgan fingerprint density at radius 1 is 1.53 bits per heavy atom. The lowest BCUT2D eigenvalue weighted by Gasteiger charge is -2.05. The number of carbonyl (C=O) groups excluding carboxylic acids is 1. The van der Waals surface area contributed by atoms with Crippen LogP contribution in [-0.2, 0) is 9.53 Å². The van der Waals surface area contributed by atoms with Gasteiger partial charge >= 0.3 is 0 Å². The van der Waals surface area contributed by atoms with E-state index in [-0.39, 0.29) is 12.5 Å². The zero-order valence-corrected chi connectivity index (χ0v) is 8.92. The van der Waals surface area contributed by atoms with Gasteiger partial charge < -0.3 is 10.1 Å². The first kappa shape index (κ1) is 12.0. The van der Waals surface area contributed by atoms with Gasteiger partial charge in [-0.25, -0.2) is 0 Å². The molecule has 0 bridgehead atoms. The van der Waals surface area contributed by atoms with Crippen molar-refractivity contribution >= 4 is 5.91 Å². The van der Waals surface area contributed by atoms with E-state index < -0.39 is 0 Å². The van der Waals surface area contributed by atoms with E-state index in [1.54, 1.807) is 0 Å². The van der Waals surface area contributed by atoms with Crippen molar-refractivity contribution < 1.29 is 9.53 Å². The standard InChI is InChI=1S/C11H18N2O2/c1-2-5-12-8-11(14)13-6-7-15-9-10-3-4-10/h1,10,12H,3-9H2,(H,13,14). The first-order chi connectivity index (χ1) is 7.33. The highest BCUT2D eigenvalue weighted by atomic mass is 16.5. The normalized spacial score (nSPS) is 14.6. The van der Waals surface area contributed by atoms with Gasteiger partial charge in [0, 0.05) is 13.2 Å². The van der Waals surface area contributed by atoms with Gasteiger partial charge in [-0.05, 0) is 18.8 Å². The van der Waals surface area contributed by atoms with Gasteiger partial charge in [0.2, 0.25) is 5.91 Å². The maximum atomic E-state index is 11.1. The molecular formula is C11H18N2O2. The number of carbonyl (C=O) groups is 1. The Bertz CT molecular complexity index is 231. The summed E-state index contributed by atoms with van der Waals surface area (Å²) in [6, 6.07) is 0. The lowest BCUT2D eigenvalue weighted by Crippen LogP contribution is -2.35. The molecule has 0 heterocycles. The van der Waals surface area contributed by atoms with Crippen LogP contribution in [0.2, 0.25) is 0 Å². The highest BCUT2D eigenvalue weighted by Gasteiger charge is 2.20. The van der Waals surface area contributed by atoms with Crippen LogP contribution in [0.4, 0.5) is 0 Å². The Hall–Kier alpha value is -1.05. The molecule has 1 rings (SSSR count). The molecule has 4 heteroatoms. The van der Waals surface area contributed by atoms with Gasteiger partial charge in [-0.2, -0.15) is 0 Å². The van der Waals surface area contributed by atoms with Crippen LogP contribution in [0.15, 0.2) is 0 Å². The molecule has 1 aliphatic rings. The maximum Gasteiger partial charge on any atom is 0.234 e. The van der Waals surface area contributed by atoms with Crippen molar-refractivity contribution in [3.05, 3.63) is 0 Å². The first-order valence-corrected chi connectivity index (χ1v) is 5.31. The Balaban J connectivity index is 1.81. The van der Waals surface area contributed by atoms with Crippen LogP contribution in [0.5, 0.6) is 0 Å². The van der Waals surface area contributed by atoms with Crippen molar-refractivity contribution in [3.8, 4) is 12.3 Å². The second-order valence-electron chi connectivity index (χ2n) is 3.68. The SMILES string of the molecule is C#CCNCC(=O)NCCOCC1CC1. The predicted octanol–water partition coefficient (Wildman–Crippen LogP) is -0.248. The molecule has 15 heavy (non-hydrogen) atoms.